The number of Topliss-reactive ketones (excluding diaryl/α,β-unsaturated/α-hetero) is 1. The first-order valence-electron chi connectivity index (χ1n) is 9.77. The zero-order valence-electron chi connectivity index (χ0n) is 16.4. The number of ether oxygens (including phenoxy) is 1. The van der Waals surface area contributed by atoms with Crippen LogP contribution in [0.4, 0.5) is 5.13 Å². The Bertz CT molecular complexity index is 1200. The molecule has 0 radical (unpaired) electrons. The molecule has 1 amide bonds. The van der Waals surface area contributed by atoms with Crippen LogP contribution in [0, 0.1) is 0 Å². The van der Waals surface area contributed by atoms with E-state index in [2.05, 4.69) is 9.97 Å². The van der Waals surface area contributed by atoms with Gasteiger partial charge in [0.25, 0.3) is 5.91 Å². The largest absolute Gasteiger partial charge is 0.475 e. The van der Waals surface area contributed by atoms with Gasteiger partial charge in [-0.25, -0.2) is 9.97 Å². The molecule has 9 heteroatoms. The van der Waals surface area contributed by atoms with E-state index in [0.717, 1.165) is 13.0 Å². The second-order valence-electron chi connectivity index (χ2n) is 7.00. The smallest absolute Gasteiger partial charge is 0.270 e. The lowest BCUT2D eigenvalue weighted by atomic mass is 10.1. The number of thiazole rings is 1. The molecule has 4 heterocycles. The standard InChI is InChI=1S/C22H18N4O3S2/c27-19-15-5-1-2-6-17(15)29-20(19)16-13-31-22(24-16)26(21(28)18-7-3-12-30-18)10-4-9-25-11-8-23-14-25/h1-3,5-8,11-14,20H,4,9-10H2. The van der Waals surface area contributed by atoms with E-state index in [1.165, 1.54) is 22.7 Å². The van der Waals surface area contributed by atoms with Crippen LogP contribution in [0.3, 0.4) is 0 Å². The number of hydrogen-bond donors (Lipinski definition) is 0. The molecule has 156 valence electrons. The van der Waals surface area contributed by atoms with Crippen molar-refractivity contribution in [2.75, 3.05) is 11.4 Å². The predicted molar refractivity (Wildman–Crippen MR) is 119 cm³/mol. The molecule has 1 aliphatic heterocycles. The lowest BCUT2D eigenvalue weighted by Gasteiger charge is -2.19. The van der Waals surface area contributed by atoms with Crippen molar-refractivity contribution in [2.45, 2.75) is 19.1 Å². The number of carbonyl (C=O) groups excluding carboxylic acids is 2. The summed E-state index contributed by atoms with van der Waals surface area (Å²) in [5.74, 6) is 0.367. The number of amides is 1. The molecule has 0 saturated heterocycles. The summed E-state index contributed by atoms with van der Waals surface area (Å²) in [5, 5.41) is 4.24. The predicted octanol–water partition coefficient (Wildman–Crippen LogP) is 4.45. The Kier molecular flexibility index (Phi) is 5.35. The topological polar surface area (TPSA) is 77.3 Å². The number of fused-ring (bicyclic) bond motifs is 1. The second kappa shape index (κ2) is 8.44. The Morgan fingerprint density at radius 3 is 2.87 bits per heavy atom. The Balaban J connectivity index is 1.37. The number of ketones is 1. The van der Waals surface area contributed by atoms with Crippen LogP contribution in [0.25, 0.3) is 0 Å². The molecule has 3 aromatic heterocycles. The monoisotopic (exact) mass is 450 g/mol. The molecule has 0 N–H and O–H groups in total. The number of rotatable bonds is 7. The summed E-state index contributed by atoms with van der Waals surface area (Å²) in [4.78, 5) is 36.9. The average Bonchev–Trinajstić information content (AvgIpc) is 3.59. The van der Waals surface area contributed by atoms with Gasteiger partial charge in [-0.15, -0.1) is 22.7 Å². The van der Waals surface area contributed by atoms with Gasteiger partial charge in [0, 0.05) is 30.9 Å². The molecule has 4 aromatic rings. The molecule has 0 aliphatic carbocycles. The summed E-state index contributed by atoms with van der Waals surface area (Å²) < 4.78 is 7.82. The Morgan fingerprint density at radius 1 is 1.19 bits per heavy atom. The minimum atomic E-state index is -0.771. The molecule has 1 aliphatic rings. The van der Waals surface area contributed by atoms with Gasteiger partial charge in [-0.1, -0.05) is 18.2 Å². The van der Waals surface area contributed by atoms with Crippen LogP contribution in [0.2, 0.25) is 0 Å². The Labute approximate surface area is 186 Å². The van der Waals surface area contributed by atoms with E-state index in [0.29, 0.717) is 33.6 Å². The van der Waals surface area contributed by atoms with Crippen LogP contribution in [-0.4, -0.2) is 32.8 Å². The molecule has 7 nitrogen and oxygen atoms in total. The highest BCUT2D eigenvalue weighted by Crippen LogP contribution is 2.38. The first-order chi connectivity index (χ1) is 15.2. The summed E-state index contributed by atoms with van der Waals surface area (Å²) in [6, 6.07) is 10.9. The maximum atomic E-state index is 13.2. The SMILES string of the molecule is O=C1c2ccccc2OC1c1csc(N(CCCn2ccnc2)C(=O)c2cccs2)n1. The summed E-state index contributed by atoms with van der Waals surface area (Å²) >= 11 is 2.75. The number of imidazole rings is 1. The fourth-order valence-electron chi connectivity index (χ4n) is 3.46. The van der Waals surface area contributed by atoms with Crippen LogP contribution in [0.15, 0.2) is 65.9 Å². The van der Waals surface area contributed by atoms with Gasteiger partial charge in [0.05, 0.1) is 16.8 Å². The number of para-hydroxylation sites is 1. The van der Waals surface area contributed by atoms with Crippen LogP contribution >= 0.6 is 22.7 Å². The molecule has 1 atom stereocenters. The molecule has 0 fully saturated rings. The number of nitrogens with zero attached hydrogens (tertiary/aromatic N) is 4. The lowest BCUT2D eigenvalue weighted by molar-refractivity contribution is 0.0854. The molecule has 5 rings (SSSR count). The number of aryl methyl sites for hydroxylation is 1. The van der Waals surface area contributed by atoms with E-state index in [1.54, 1.807) is 34.9 Å². The maximum Gasteiger partial charge on any atom is 0.270 e. The fourth-order valence-corrected chi connectivity index (χ4v) is 4.99. The normalized spacial score (nSPS) is 15.0. The van der Waals surface area contributed by atoms with Crippen LogP contribution in [0.5, 0.6) is 5.75 Å². The van der Waals surface area contributed by atoms with Gasteiger partial charge < -0.3 is 9.30 Å². The van der Waals surface area contributed by atoms with E-state index < -0.39 is 6.10 Å². The molecule has 0 bridgehead atoms. The number of benzene rings is 1. The summed E-state index contributed by atoms with van der Waals surface area (Å²) in [6.45, 7) is 1.24. The summed E-state index contributed by atoms with van der Waals surface area (Å²) in [5.41, 5.74) is 1.09. The maximum absolute atomic E-state index is 13.2. The van der Waals surface area contributed by atoms with Gasteiger partial charge >= 0.3 is 0 Å². The zero-order chi connectivity index (χ0) is 21.2. The van der Waals surface area contributed by atoms with Crippen molar-refractivity contribution in [2.24, 2.45) is 0 Å². The molecule has 1 unspecified atom stereocenters. The average molecular weight is 451 g/mol. The molecule has 1 aromatic carbocycles. The van der Waals surface area contributed by atoms with Crippen molar-refractivity contribution in [1.29, 1.82) is 0 Å². The van der Waals surface area contributed by atoms with E-state index in [9.17, 15) is 9.59 Å². The van der Waals surface area contributed by atoms with Crippen LogP contribution in [-0.2, 0) is 6.54 Å². The van der Waals surface area contributed by atoms with E-state index in [4.69, 9.17) is 4.74 Å². The highest BCUT2D eigenvalue weighted by molar-refractivity contribution is 7.14. The van der Waals surface area contributed by atoms with Crippen molar-refractivity contribution in [3.8, 4) is 5.75 Å². The third-order valence-corrected chi connectivity index (χ3v) is 6.72. The lowest BCUT2D eigenvalue weighted by Crippen LogP contribution is -2.32. The minimum absolute atomic E-state index is 0.0940. The van der Waals surface area contributed by atoms with Crippen molar-refractivity contribution in [3.05, 3.63) is 82.0 Å². The number of thiophene rings is 1. The Morgan fingerprint density at radius 2 is 2.10 bits per heavy atom. The summed E-state index contributed by atoms with van der Waals surface area (Å²) in [7, 11) is 0. The number of carbonyl (C=O) groups is 2. The highest BCUT2D eigenvalue weighted by Gasteiger charge is 2.35. The van der Waals surface area contributed by atoms with Crippen molar-refractivity contribution >= 4 is 39.5 Å². The number of aromatic nitrogens is 3. The molecule has 0 saturated carbocycles. The quantitative estimate of drug-likeness (QED) is 0.416. The van der Waals surface area contributed by atoms with Gasteiger partial charge in [-0.05, 0) is 30.0 Å². The zero-order valence-corrected chi connectivity index (χ0v) is 18.0. The third-order valence-electron chi connectivity index (χ3n) is 4.98. The Hall–Kier alpha value is -3.30. The van der Waals surface area contributed by atoms with Crippen LogP contribution < -0.4 is 9.64 Å². The molecular formula is C22H18N4O3S2. The summed E-state index contributed by atoms with van der Waals surface area (Å²) in [6.07, 6.45) is 5.36. The number of anilines is 1. The van der Waals surface area contributed by atoms with Gasteiger partial charge in [-0.2, -0.15) is 0 Å². The highest BCUT2D eigenvalue weighted by atomic mass is 32.1. The first-order valence-corrected chi connectivity index (χ1v) is 11.5. The fraction of sp³-hybridized carbons (Fsp3) is 0.182. The van der Waals surface area contributed by atoms with Crippen molar-refractivity contribution in [1.82, 2.24) is 14.5 Å². The minimum Gasteiger partial charge on any atom is -0.475 e. The second-order valence-corrected chi connectivity index (χ2v) is 8.79. The van der Waals surface area contributed by atoms with Gasteiger partial charge in [0.1, 0.15) is 11.4 Å². The van der Waals surface area contributed by atoms with Crippen LogP contribution in [0.1, 0.15) is 38.2 Å². The van der Waals surface area contributed by atoms with E-state index in [1.807, 2.05) is 40.4 Å². The molecule has 31 heavy (non-hydrogen) atoms. The molecular weight excluding hydrogens is 432 g/mol. The van der Waals surface area contributed by atoms with Crippen molar-refractivity contribution in [3.63, 3.8) is 0 Å². The first kappa shape index (κ1) is 19.7. The van der Waals surface area contributed by atoms with Gasteiger partial charge in [0.15, 0.2) is 5.13 Å². The van der Waals surface area contributed by atoms with Gasteiger partial charge in [0.2, 0.25) is 11.9 Å². The van der Waals surface area contributed by atoms with E-state index >= 15 is 0 Å². The molecule has 0 spiro atoms. The third kappa shape index (κ3) is 3.89. The van der Waals surface area contributed by atoms with E-state index in [-0.39, 0.29) is 11.7 Å². The van der Waals surface area contributed by atoms with Gasteiger partial charge in [-0.3, -0.25) is 14.5 Å². The van der Waals surface area contributed by atoms with Crippen molar-refractivity contribution < 1.29 is 14.3 Å². The number of hydrogen-bond acceptors (Lipinski definition) is 7.